The lowest BCUT2D eigenvalue weighted by Gasteiger charge is -2.30. The second kappa shape index (κ2) is 5.31. The Balaban J connectivity index is 1.92. The van der Waals surface area contributed by atoms with Gasteiger partial charge in [-0.05, 0) is 25.0 Å². The molecule has 2 unspecified atom stereocenters. The lowest BCUT2D eigenvalue weighted by molar-refractivity contribution is -0.160. The first-order valence-corrected chi connectivity index (χ1v) is 8.63. The van der Waals surface area contributed by atoms with Gasteiger partial charge in [0.25, 0.3) is 0 Å². The maximum atomic E-state index is 13.1. The van der Waals surface area contributed by atoms with E-state index in [1.54, 1.807) is 0 Å². The van der Waals surface area contributed by atoms with Crippen LogP contribution in [0.3, 0.4) is 0 Å². The summed E-state index contributed by atoms with van der Waals surface area (Å²) in [6.45, 7) is 2.72. The first-order valence-electron chi connectivity index (χ1n) is 8.63. The summed E-state index contributed by atoms with van der Waals surface area (Å²) in [5.74, 6) is -3.96. The Morgan fingerprint density at radius 1 is 0.577 bits per heavy atom. The third-order valence-electron chi connectivity index (χ3n) is 5.82. The Morgan fingerprint density at radius 3 is 1.27 bits per heavy atom. The summed E-state index contributed by atoms with van der Waals surface area (Å²) >= 11 is 0. The molecule has 2 fully saturated rings. The number of hydrogen-bond acceptors (Lipinski definition) is 4. The van der Waals surface area contributed by atoms with E-state index in [9.17, 15) is 19.2 Å². The van der Waals surface area contributed by atoms with Crippen LogP contribution in [0.25, 0.3) is 0 Å². The van der Waals surface area contributed by atoms with Crippen LogP contribution in [0.1, 0.15) is 36.8 Å². The van der Waals surface area contributed by atoms with Gasteiger partial charge in [-0.15, -0.1) is 0 Å². The van der Waals surface area contributed by atoms with Crippen molar-refractivity contribution in [2.24, 2.45) is 10.8 Å². The van der Waals surface area contributed by atoms with Gasteiger partial charge in [-0.1, -0.05) is 60.7 Å². The second-order valence-corrected chi connectivity index (χ2v) is 7.59. The fraction of sp³-hybridized carbons (Fsp3) is 0.273. The van der Waals surface area contributed by atoms with Gasteiger partial charge in [0.1, 0.15) is 5.41 Å². The smallest absolute Gasteiger partial charge is 0.214 e. The van der Waals surface area contributed by atoms with Gasteiger partial charge >= 0.3 is 0 Å². The van der Waals surface area contributed by atoms with Crippen LogP contribution in [0.2, 0.25) is 0 Å². The monoisotopic (exact) mass is 346 g/mol. The van der Waals surface area contributed by atoms with Gasteiger partial charge in [-0.3, -0.25) is 19.2 Å². The molecule has 0 bridgehead atoms. The maximum Gasteiger partial charge on any atom is 0.214 e. The minimum atomic E-state index is -1.59. The molecule has 2 atom stereocenters. The predicted octanol–water partition coefficient (Wildman–Crippen LogP) is 2.87. The zero-order valence-corrected chi connectivity index (χ0v) is 14.6. The number of carbonyl (C=O) groups is 4. The van der Waals surface area contributed by atoms with Crippen molar-refractivity contribution in [1.82, 2.24) is 0 Å². The van der Waals surface area contributed by atoms with E-state index < -0.39 is 45.8 Å². The second-order valence-electron chi connectivity index (χ2n) is 7.59. The molecule has 2 aromatic carbocycles. The van der Waals surface area contributed by atoms with Gasteiger partial charge < -0.3 is 0 Å². The molecule has 2 saturated carbocycles. The highest BCUT2D eigenvalue weighted by Gasteiger charge is 2.80. The molecule has 0 radical (unpaired) electrons. The first-order chi connectivity index (χ1) is 12.3. The first kappa shape index (κ1) is 16.6. The summed E-state index contributed by atoms with van der Waals surface area (Å²) in [5.41, 5.74) is -1.58. The van der Waals surface area contributed by atoms with Crippen molar-refractivity contribution in [3.05, 3.63) is 71.8 Å². The van der Waals surface area contributed by atoms with Crippen LogP contribution in [0.15, 0.2) is 60.7 Å². The third kappa shape index (κ3) is 1.90. The molecule has 4 rings (SSSR count). The summed E-state index contributed by atoms with van der Waals surface area (Å²) in [7, 11) is 0. The quantitative estimate of drug-likeness (QED) is 0.619. The summed E-state index contributed by atoms with van der Waals surface area (Å²) in [5, 5.41) is 0. The zero-order valence-electron chi connectivity index (χ0n) is 14.6. The molecule has 4 heteroatoms. The molecular weight excluding hydrogens is 328 g/mol. The van der Waals surface area contributed by atoms with E-state index in [1.807, 2.05) is 60.7 Å². The minimum Gasteiger partial charge on any atom is -0.290 e. The number of benzene rings is 2. The van der Waals surface area contributed by atoms with Crippen molar-refractivity contribution in [2.75, 3.05) is 0 Å². The van der Waals surface area contributed by atoms with Crippen LogP contribution in [-0.2, 0) is 19.2 Å². The number of carbonyl (C=O) groups excluding carboxylic acids is 4. The SMILES string of the molecule is CC1(C)C(=O)C(=O)C2(C(=O)C1=O)C(c1ccccc1)C2c1ccccc1. The van der Waals surface area contributed by atoms with Crippen molar-refractivity contribution in [3.63, 3.8) is 0 Å². The number of Topliss-reactive ketones (excluding diaryl/α,β-unsaturated/α-hetero) is 4. The molecule has 4 nitrogen and oxygen atoms in total. The average Bonchev–Trinajstić information content (AvgIpc) is 3.37. The molecule has 1 spiro atoms. The van der Waals surface area contributed by atoms with Crippen LogP contribution < -0.4 is 0 Å². The molecule has 2 aliphatic rings. The molecule has 0 aromatic heterocycles. The maximum absolute atomic E-state index is 13.1. The summed E-state index contributed by atoms with van der Waals surface area (Å²) < 4.78 is 0. The van der Waals surface area contributed by atoms with E-state index in [4.69, 9.17) is 0 Å². The summed E-state index contributed by atoms with van der Waals surface area (Å²) in [6, 6.07) is 18.4. The van der Waals surface area contributed by atoms with E-state index in [1.165, 1.54) is 13.8 Å². The highest BCUT2D eigenvalue weighted by atomic mass is 16.2. The molecule has 0 heterocycles. The van der Waals surface area contributed by atoms with E-state index in [2.05, 4.69) is 0 Å². The van der Waals surface area contributed by atoms with E-state index in [-0.39, 0.29) is 0 Å². The van der Waals surface area contributed by atoms with Crippen molar-refractivity contribution < 1.29 is 19.2 Å². The highest BCUT2D eigenvalue weighted by Crippen LogP contribution is 2.72. The normalized spacial score (nSPS) is 26.2. The van der Waals surface area contributed by atoms with Gasteiger partial charge in [0.05, 0.1) is 5.41 Å². The Kier molecular flexibility index (Phi) is 3.38. The Hall–Kier alpha value is -2.88. The van der Waals surface area contributed by atoms with Crippen molar-refractivity contribution in [1.29, 1.82) is 0 Å². The highest BCUT2D eigenvalue weighted by molar-refractivity contribution is 6.65. The topological polar surface area (TPSA) is 68.3 Å². The zero-order chi connectivity index (χ0) is 18.7. The summed E-state index contributed by atoms with van der Waals surface area (Å²) in [4.78, 5) is 51.6. The molecule has 2 aliphatic carbocycles. The Labute approximate surface area is 151 Å². The summed E-state index contributed by atoms with van der Waals surface area (Å²) in [6.07, 6.45) is 0. The molecular formula is C22H18O4. The molecule has 0 saturated heterocycles. The van der Waals surface area contributed by atoms with Crippen LogP contribution >= 0.6 is 0 Å². The van der Waals surface area contributed by atoms with Crippen LogP contribution in [0, 0.1) is 10.8 Å². The van der Waals surface area contributed by atoms with Crippen molar-refractivity contribution >= 4 is 23.1 Å². The number of hydrogen-bond donors (Lipinski definition) is 0. The van der Waals surface area contributed by atoms with Crippen molar-refractivity contribution in [3.8, 4) is 0 Å². The van der Waals surface area contributed by atoms with Crippen LogP contribution in [0.5, 0.6) is 0 Å². The fourth-order valence-corrected chi connectivity index (χ4v) is 4.33. The van der Waals surface area contributed by atoms with Crippen LogP contribution in [0.4, 0.5) is 0 Å². The largest absolute Gasteiger partial charge is 0.290 e. The average molecular weight is 346 g/mol. The van der Waals surface area contributed by atoms with E-state index in [0.717, 1.165) is 11.1 Å². The fourth-order valence-electron chi connectivity index (χ4n) is 4.33. The molecule has 130 valence electrons. The van der Waals surface area contributed by atoms with Gasteiger partial charge in [-0.2, -0.15) is 0 Å². The van der Waals surface area contributed by atoms with Gasteiger partial charge in [0.15, 0.2) is 0 Å². The lowest BCUT2D eigenvalue weighted by Crippen LogP contribution is -2.55. The number of rotatable bonds is 2. The Bertz CT molecular complexity index is 863. The lowest BCUT2D eigenvalue weighted by atomic mass is 9.66. The predicted molar refractivity (Wildman–Crippen MR) is 94.6 cm³/mol. The molecule has 0 aliphatic heterocycles. The van der Waals surface area contributed by atoms with Gasteiger partial charge in [0, 0.05) is 11.8 Å². The third-order valence-corrected chi connectivity index (χ3v) is 5.82. The molecule has 26 heavy (non-hydrogen) atoms. The van der Waals surface area contributed by atoms with Gasteiger partial charge in [-0.25, -0.2) is 0 Å². The standard InChI is InChI=1S/C22H18O4/c1-21(2)17(23)19(25)22(20(26)18(21)24)15(13-9-5-3-6-10-13)16(22)14-11-7-4-8-12-14/h3-12,15-16H,1-2H3. The van der Waals surface area contributed by atoms with E-state index >= 15 is 0 Å². The molecule has 0 amide bonds. The van der Waals surface area contributed by atoms with Crippen molar-refractivity contribution in [2.45, 2.75) is 25.7 Å². The number of ketones is 4. The minimum absolute atomic E-state index is 0.491. The Morgan fingerprint density at radius 2 is 0.923 bits per heavy atom. The molecule has 0 N–H and O–H groups in total. The van der Waals surface area contributed by atoms with Gasteiger partial charge in [0.2, 0.25) is 23.1 Å². The van der Waals surface area contributed by atoms with Crippen LogP contribution in [-0.4, -0.2) is 23.1 Å². The van der Waals surface area contributed by atoms with E-state index in [0.29, 0.717) is 0 Å². The molecule has 2 aromatic rings.